The molecule has 2 unspecified atom stereocenters. The molecule has 1 aliphatic rings. The van der Waals surface area contributed by atoms with E-state index < -0.39 is 22.2 Å². The number of nitrogens with zero attached hydrogens (tertiary/aromatic N) is 1. The molecule has 1 fully saturated rings. The molecule has 1 aromatic heterocycles. The van der Waals surface area contributed by atoms with E-state index in [0.29, 0.717) is 5.92 Å². The van der Waals surface area contributed by atoms with Gasteiger partial charge in [0.2, 0.25) is 5.82 Å². The maximum absolute atomic E-state index is 13.3. The second-order valence-corrected chi connectivity index (χ2v) is 4.68. The second kappa shape index (κ2) is 4.05. The van der Waals surface area contributed by atoms with Crippen LogP contribution in [-0.4, -0.2) is 9.55 Å². The predicted molar refractivity (Wildman–Crippen MR) is 58.3 cm³/mol. The Morgan fingerprint density at radius 3 is 2.69 bits per heavy atom. The molecule has 0 bridgehead atoms. The minimum Gasteiger partial charge on any atom is -0.295 e. The van der Waals surface area contributed by atoms with Crippen molar-refractivity contribution < 1.29 is 4.39 Å². The van der Waals surface area contributed by atoms with Gasteiger partial charge >= 0.3 is 5.69 Å². The lowest BCUT2D eigenvalue weighted by atomic mass is 10.1. The number of H-pyrrole nitrogens is 1. The molecule has 0 saturated heterocycles. The fourth-order valence-electron chi connectivity index (χ4n) is 2.24. The molecule has 2 rings (SSSR count). The van der Waals surface area contributed by atoms with Gasteiger partial charge in [-0.1, -0.05) is 18.5 Å². The van der Waals surface area contributed by atoms with E-state index in [2.05, 4.69) is 4.98 Å². The lowest BCUT2D eigenvalue weighted by molar-refractivity contribution is 0.439. The van der Waals surface area contributed by atoms with Crippen molar-refractivity contribution in [1.29, 1.82) is 0 Å². The maximum Gasteiger partial charge on any atom is 0.329 e. The molecule has 2 atom stereocenters. The first-order valence-corrected chi connectivity index (χ1v) is 5.58. The van der Waals surface area contributed by atoms with Crippen LogP contribution in [0.15, 0.2) is 9.59 Å². The molecular weight excluding hydrogens is 235 g/mol. The normalized spacial score (nSPS) is 24.9. The zero-order valence-electron chi connectivity index (χ0n) is 8.80. The van der Waals surface area contributed by atoms with Crippen LogP contribution in [0.4, 0.5) is 4.39 Å². The Morgan fingerprint density at radius 2 is 2.12 bits per heavy atom. The summed E-state index contributed by atoms with van der Waals surface area (Å²) in [5.41, 5.74) is -1.55. The lowest BCUT2D eigenvalue weighted by Crippen LogP contribution is -2.39. The summed E-state index contributed by atoms with van der Waals surface area (Å²) in [5.74, 6) is -0.629. The molecular formula is C10H12ClFN2O2. The highest BCUT2D eigenvalue weighted by atomic mass is 35.5. The number of nitrogens with one attached hydrogen (secondary N) is 1. The highest BCUT2D eigenvalue weighted by molar-refractivity contribution is 6.29. The standard InChI is InChI=1S/C10H12ClFN2O2/c1-5-2-3-6(4-5)14-9(15)7(12)8(11)13-10(14)16/h5-6H,2-4H2,1H3,(H,13,16). The fourth-order valence-corrected chi connectivity index (χ4v) is 2.41. The van der Waals surface area contributed by atoms with Gasteiger partial charge in [0.1, 0.15) is 0 Å². The minimum absolute atomic E-state index is 0.210. The van der Waals surface area contributed by atoms with Crippen molar-refractivity contribution in [3.05, 3.63) is 31.8 Å². The third-order valence-corrected chi connectivity index (χ3v) is 3.33. The fraction of sp³-hybridized carbons (Fsp3) is 0.600. The lowest BCUT2D eigenvalue weighted by Gasteiger charge is -2.12. The van der Waals surface area contributed by atoms with E-state index in [1.165, 1.54) is 0 Å². The van der Waals surface area contributed by atoms with Gasteiger partial charge in [-0.3, -0.25) is 14.3 Å². The topological polar surface area (TPSA) is 54.9 Å². The van der Waals surface area contributed by atoms with E-state index in [0.717, 1.165) is 23.8 Å². The van der Waals surface area contributed by atoms with Crippen molar-refractivity contribution >= 4 is 11.6 Å². The van der Waals surface area contributed by atoms with Crippen LogP contribution in [0.2, 0.25) is 5.15 Å². The van der Waals surface area contributed by atoms with Gasteiger partial charge in [-0.25, -0.2) is 4.79 Å². The number of halogens is 2. The SMILES string of the molecule is CC1CCC(n2c(=O)[nH]c(Cl)c(F)c2=O)C1. The highest BCUT2D eigenvalue weighted by Crippen LogP contribution is 2.32. The van der Waals surface area contributed by atoms with Gasteiger partial charge in [0.15, 0.2) is 5.15 Å². The first-order chi connectivity index (χ1) is 7.50. The van der Waals surface area contributed by atoms with E-state index in [1.807, 2.05) is 6.92 Å². The number of hydrogen-bond acceptors (Lipinski definition) is 2. The van der Waals surface area contributed by atoms with E-state index in [4.69, 9.17) is 11.6 Å². The first-order valence-electron chi connectivity index (χ1n) is 5.20. The van der Waals surface area contributed by atoms with Crippen molar-refractivity contribution in [2.75, 3.05) is 0 Å². The van der Waals surface area contributed by atoms with Crippen LogP contribution >= 0.6 is 11.6 Å². The van der Waals surface area contributed by atoms with Crippen LogP contribution in [0, 0.1) is 11.7 Å². The smallest absolute Gasteiger partial charge is 0.295 e. The third kappa shape index (κ3) is 1.80. The number of hydrogen-bond donors (Lipinski definition) is 1. The molecule has 88 valence electrons. The quantitative estimate of drug-likeness (QED) is 0.767. The molecule has 1 N–H and O–H groups in total. The van der Waals surface area contributed by atoms with E-state index in [9.17, 15) is 14.0 Å². The summed E-state index contributed by atoms with van der Waals surface area (Å²) >= 11 is 5.38. The van der Waals surface area contributed by atoms with Crippen molar-refractivity contribution in [3.63, 3.8) is 0 Å². The number of rotatable bonds is 1. The Balaban J connectivity index is 2.53. The summed E-state index contributed by atoms with van der Waals surface area (Å²) in [5, 5.41) is -0.516. The van der Waals surface area contributed by atoms with Gasteiger partial charge in [-0.2, -0.15) is 4.39 Å². The molecule has 0 aliphatic heterocycles. The highest BCUT2D eigenvalue weighted by Gasteiger charge is 2.26. The van der Waals surface area contributed by atoms with E-state index >= 15 is 0 Å². The average Bonchev–Trinajstić information content (AvgIpc) is 2.61. The largest absolute Gasteiger partial charge is 0.329 e. The predicted octanol–water partition coefficient (Wildman–Crippen LogP) is 1.69. The van der Waals surface area contributed by atoms with E-state index in [1.54, 1.807) is 0 Å². The molecule has 1 heterocycles. The molecule has 0 aromatic carbocycles. The van der Waals surface area contributed by atoms with Crippen molar-refractivity contribution in [1.82, 2.24) is 9.55 Å². The third-order valence-electron chi connectivity index (χ3n) is 3.07. The van der Waals surface area contributed by atoms with Crippen LogP contribution in [0.25, 0.3) is 0 Å². The Labute approximate surface area is 96.1 Å². The minimum atomic E-state index is -1.08. The van der Waals surface area contributed by atoms with Crippen molar-refractivity contribution in [2.45, 2.75) is 32.2 Å². The Hall–Kier alpha value is -1.10. The van der Waals surface area contributed by atoms with E-state index in [-0.39, 0.29) is 6.04 Å². The monoisotopic (exact) mass is 246 g/mol. The Morgan fingerprint density at radius 1 is 1.44 bits per heavy atom. The number of aromatic nitrogens is 2. The molecule has 0 spiro atoms. The van der Waals surface area contributed by atoms with Crippen molar-refractivity contribution in [2.24, 2.45) is 5.92 Å². The van der Waals surface area contributed by atoms with Crippen LogP contribution in [-0.2, 0) is 0 Å². The number of aromatic amines is 1. The van der Waals surface area contributed by atoms with Gasteiger partial charge in [0.05, 0.1) is 0 Å². The first kappa shape index (κ1) is 11.4. The molecule has 16 heavy (non-hydrogen) atoms. The van der Waals surface area contributed by atoms with Crippen LogP contribution in [0.5, 0.6) is 0 Å². The van der Waals surface area contributed by atoms with Crippen molar-refractivity contribution in [3.8, 4) is 0 Å². The summed E-state index contributed by atoms with van der Waals surface area (Å²) < 4.78 is 14.2. The summed E-state index contributed by atoms with van der Waals surface area (Å²) in [6, 6.07) is -0.210. The van der Waals surface area contributed by atoms with Gasteiger partial charge in [-0.05, 0) is 25.2 Å². The second-order valence-electron chi connectivity index (χ2n) is 4.31. The summed E-state index contributed by atoms with van der Waals surface area (Å²) in [4.78, 5) is 25.3. The Bertz CT molecular complexity index is 523. The molecule has 0 amide bonds. The Kier molecular flexibility index (Phi) is 2.88. The zero-order valence-corrected chi connectivity index (χ0v) is 9.55. The maximum atomic E-state index is 13.3. The van der Waals surface area contributed by atoms with Gasteiger partial charge in [-0.15, -0.1) is 0 Å². The van der Waals surface area contributed by atoms with Crippen LogP contribution in [0.1, 0.15) is 32.2 Å². The van der Waals surface area contributed by atoms with Gasteiger partial charge < -0.3 is 0 Å². The molecule has 6 heteroatoms. The van der Waals surface area contributed by atoms with Gasteiger partial charge in [0.25, 0.3) is 5.56 Å². The van der Waals surface area contributed by atoms with Crippen LogP contribution in [0.3, 0.4) is 0 Å². The molecule has 4 nitrogen and oxygen atoms in total. The summed E-state index contributed by atoms with van der Waals surface area (Å²) in [7, 11) is 0. The average molecular weight is 247 g/mol. The zero-order chi connectivity index (χ0) is 11.9. The summed E-state index contributed by atoms with van der Waals surface area (Å²) in [6.45, 7) is 2.05. The summed E-state index contributed by atoms with van der Waals surface area (Å²) in [6.07, 6.45) is 2.40. The van der Waals surface area contributed by atoms with Crippen LogP contribution < -0.4 is 11.2 Å². The molecule has 1 saturated carbocycles. The van der Waals surface area contributed by atoms with Gasteiger partial charge in [0, 0.05) is 6.04 Å². The molecule has 1 aromatic rings. The molecule has 0 radical (unpaired) electrons. The molecule has 1 aliphatic carbocycles.